The Morgan fingerprint density at radius 2 is 1.94 bits per heavy atom. The zero-order valence-electron chi connectivity index (χ0n) is 8.67. The van der Waals surface area contributed by atoms with Gasteiger partial charge >= 0.3 is 0 Å². The molecule has 2 aromatic carbocycles. The van der Waals surface area contributed by atoms with Gasteiger partial charge in [-0.3, -0.25) is 0 Å². The van der Waals surface area contributed by atoms with Gasteiger partial charge in [-0.15, -0.1) is 0 Å². The number of phenolic OH excluding ortho intramolecular Hbond substituents is 1. The largest absolute Gasteiger partial charge is 0.508 e. The van der Waals surface area contributed by atoms with Gasteiger partial charge in [0.1, 0.15) is 11.6 Å². The van der Waals surface area contributed by atoms with Crippen LogP contribution in [0.15, 0.2) is 36.4 Å². The van der Waals surface area contributed by atoms with Crippen LogP contribution in [0.3, 0.4) is 0 Å². The predicted molar refractivity (Wildman–Crippen MR) is 63.2 cm³/mol. The first-order valence-electron chi connectivity index (χ1n) is 4.83. The molecule has 0 aliphatic carbocycles. The number of hydrogen-bond donors (Lipinski definition) is 1. The molecule has 0 bridgehead atoms. The molecule has 3 heteroatoms. The molecule has 0 fully saturated rings. The Morgan fingerprint density at radius 3 is 2.62 bits per heavy atom. The molecule has 1 nitrogen and oxygen atoms in total. The van der Waals surface area contributed by atoms with Gasteiger partial charge in [0.15, 0.2) is 0 Å². The molecule has 0 radical (unpaired) electrons. The Morgan fingerprint density at radius 1 is 1.19 bits per heavy atom. The van der Waals surface area contributed by atoms with Crippen molar-refractivity contribution in [3.05, 3.63) is 52.8 Å². The van der Waals surface area contributed by atoms with E-state index < -0.39 is 5.82 Å². The van der Waals surface area contributed by atoms with E-state index in [9.17, 15) is 9.50 Å². The molecule has 0 unspecified atom stereocenters. The minimum atomic E-state index is -0.479. The second kappa shape index (κ2) is 4.14. The van der Waals surface area contributed by atoms with Gasteiger partial charge in [0.2, 0.25) is 0 Å². The van der Waals surface area contributed by atoms with Crippen molar-refractivity contribution in [2.24, 2.45) is 0 Å². The summed E-state index contributed by atoms with van der Waals surface area (Å²) in [5, 5.41) is 9.91. The van der Waals surface area contributed by atoms with Crippen molar-refractivity contribution in [3.63, 3.8) is 0 Å². The first kappa shape index (κ1) is 11.0. The van der Waals surface area contributed by atoms with Crippen molar-refractivity contribution < 1.29 is 9.50 Å². The molecule has 0 atom stereocenters. The number of aryl methyl sites for hydroxylation is 1. The van der Waals surface area contributed by atoms with Crippen LogP contribution in [-0.4, -0.2) is 5.11 Å². The second-order valence-electron chi connectivity index (χ2n) is 3.63. The molecule has 1 N–H and O–H groups in total. The summed E-state index contributed by atoms with van der Waals surface area (Å²) >= 11 is 6.13. The maximum atomic E-state index is 13.1. The van der Waals surface area contributed by atoms with Crippen LogP contribution in [0.2, 0.25) is 5.02 Å². The lowest BCUT2D eigenvalue weighted by Crippen LogP contribution is -1.84. The SMILES string of the molecule is Cc1cccc(-c2cc(O)cc(F)c2)c1Cl. The van der Waals surface area contributed by atoms with Gasteiger partial charge in [-0.25, -0.2) is 4.39 Å². The van der Waals surface area contributed by atoms with Gasteiger partial charge in [0.25, 0.3) is 0 Å². The zero-order valence-corrected chi connectivity index (χ0v) is 9.42. The topological polar surface area (TPSA) is 20.2 Å². The van der Waals surface area contributed by atoms with Crippen molar-refractivity contribution >= 4 is 11.6 Å². The van der Waals surface area contributed by atoms with E-state index in [1.54, 1.807) is 6.07 Å². The summed E-state index contributed by atoms with van der Waals surface area (Å²) < 4.78 is 13.1. The summed E-state index contributed by atoms with van der Waals surface area (Å²) in [6.45, 7) is 1.88. The second-order valence-corrected chi connectivity index (χ2v) is 4.01. The summed E-state index contributed by atoms with van der Waals surface area (Å²) in [6.07, 6.45) is 0. The van der Waals surface area contributed by atoms with Crippen LogP contribution >= 0.6 is 11.6 Å². The maximum Gasteiger partial charge on any atom is 0.127 e. The lowest BCUT2D eigenvalue weighted by molar-refractivity contribution is 0.469. The monoisotopic (exact) mass is 236 g/mol. The summed E-state index contributed by atoms with van der Waals surface area (Å²) in [5.41, 5.74) is 2.21. The van der Waals surface area contributed by atoms with Crippen LogP contribution in [0.4, 0.5) is 4.39 Å². The van der Waals surface area contributed by atoms with E-state index in [1.165, 1.54) is 12.1 Å². The lowest BCUT2D eigenvalue weighted by Gasteiger charge is -2.07. The molecular formula is C13H10ClFO. The fourth-order valence-corrected chi connectivity index (χ4v) is 1.84. The predicted octanol–water partition coefficient (Wildman–Crippen LogP) is 4.16. The van der Waals surface area contributed by atoms with Gasteiger partial charge in [-0.2, -0.15) is 0 Å². The van der Waals surface area contributed by atoms with E-state index >= 15 is 0 Å². The van der Waals surface area contributed by atoms with E-state index in [2.05, 4.69) is 0 Å². The van der Waals surface area contributed by atoms with Crippen LogP contribution in [0.1, 0.15) is 5.56 Å². The van der Waals surface area contributed by atoms with Crippen molar-refractivity contribution in [3.8, 4) is 16.9 Å². The molecule has 0 amide bonds. The van der Waals surface area contributed by atoms with Crippen molar-refractivity contribution in [2.75, 3.05) is 0 Å². The summed E-state index contributed by atoms with van der Waals surface area (Å²) in [4.78, 5) is 0. The van der Waals surface area contributed by atoms with Crippen LogP contribution in [0.25, 0.3) is 11.1 Å². The maximum absolute atomic E-state index is 13.1. The van der Waals surface area contributed by atoms with Crippen LogP contribution in [-0.2, 0) is 0 Å². The molecule has 0 saturated heterocycles. The first-order valence-corrected chi connectivity index (χ1v) is 5.21. The Kier molecular flexibility index (Phi) is 2.84. The van der Waals surface area contributed by atoms with Crippen LogP contribution in [0.5, 0.6) is 5.75 Å². The molecule has 16 heavy (non-hydrogen) atoms. The summed E-state index contributed by atoms with van der Waals surface area (Å²) in [7, 11) is 0. The van der Waals surface area contributed by atoms with Gasteiger partial charge in [-0.1, -0.05) is 29.8 Å². The molecule has 2 rings (SSSR count). The molecule has 0 spiro atoms. The quantitative estimate of drug-likeness (QED) is 0.788. The standard InChI is InChI=1S/C13H10ClFO/c1-8-3-2-4-12(13(8)14)9-5-10(15)7-11(16)6-9/h2-7,16H,1H3. The number of benzene rings is 2. The van der Waals surface area contributed by atoms with E-state index in [1.807, 2.05) is 19.1 Å². The average molecular weight is 237 g/mol. The molecule has 0 saturated carbocycles. The third-order valence-electron chi connectivity index (χ3n) is 2.39. The van der Waals surface area contributed by atoms with Gasteiger partial charge in [-0.05, 0) is 30.2 Å². The smallest absolute Gasteiger partial charge is 0.127 e. The van der Waals surface area contributed by atoms with Crippen LogP contribution in [0, 0.1) is 12.7 Å². The highest BCUT2D eigenvalue weighted by Crippen LogP contribution is 2.32. The highest BCUT2D eigenvalue weighted by Gasteiger charge is 2.07. The van der Waals surface area contributed by atoms with Gasteiger partial charge in [0, 0.05) is 11.6 Å². The summed E-state index contributed by atoms with van der Waals surface area (Å²) in [6, 6.07) is 9.42. The molecule has 82 valence electrons. The lowest BCUT2D eigenvalue weighted by atomic mass is 10.0. The van der Waals surface area contributed by atoms with E-state index in [0.29, 0.717) is 10.6 Å². The van der Waals surface area contributed by atoms with Crippen molar-refractivity contribution in [2.45, 2.75) is 6.92 Å². The van der Waals surface area contributed by atoms with Crippen LogP contribution < -0.4 is 0 Å². The summed E-state index contributed by atoms with van der Waals surface area (Å²) in [5.74, 6) is -0.583. The fourth-order valence-electron chi connectivity index (χ4n) is 1.60. The Bertz CT molecular complexity index is 517. The number of phenols is 1. The molecular weight excluding hydrogens is 227 g/mol. The molecule has 2 aromatic rings. The van der Waals surface area contributed by atoms with Crippen molar-refractivity contribution in [1.29, 1.82) is 0 Å². The van der Waals surface area contributed by atoms with Gasteiger partial charge < -0.3 is 5.11 Å². The molecule has 0 aromatic heterocycles. The number of rotatable bonds is 1. The Balaban J connectivity index is 2.63. The molecule has 0 aliphatic rings. The minimum Gasteiger partial charge on any atom is -0.508 e. The number of hydrogen-bond acceptors (Lipinski definition) is 1. The van der Waals surface area contributed by atoms with Gasteiger partial charge in [0.05, 0.1) is 5.02 Å². The van der Waals surface area contributed by atoms with E-state index in [-0.39, 0.29) is 5.75 Å². The fraction of sp³-hybridized carbons (Fsp3) is 0.0769. The number of aromatic hydroxyl groups is 1. The zero-order chi connectivity index (χ0) is 11.7. The third kappa shape index (κ3) is 2.02. The highest BCUT2D eigenvalue weighted by atomic mass is 35.5. The Hall–Kier alpha value is -1.54. The Labute approximate surface area is 98.1 Å². The minimum absolute atomic E-state index is 0.104. The van der Waals surface area contributed by atoms with E-state index in [0.717, 1.165) is 17.2 Å². The molecule has 0 aliphatic heterocycles. The highest BCUT2D eigenvalue weighted by molar-refractivity contribution is 6.34. The first-order chi connectivity index (χ1) is 7.58. The third-order valence-corrected chi connectivity index (χ3v) is 2.89. The van der Waals surface area contributed by atoms with E-state index in [4.69, 9.17) is 11.6 Å². The normalized spacial score (nSPS) is 10.4. The average Bonchev–Trinajstić information content (AvgIpc) is 2.20. The number of halogens is 2. The van der Waals surface area contributed by atoms with Crippen molar-refractivity contribution in [1.82, 2.24) is 0 Å². The molecule has 0 heterocycles.